The van der Waals surface area contributed by atoms with Gasteiger partial charge in [-0.25, -0.2) is 23.5 Å². The lowest BCUT2D eigenvalue weighted by Gasteiger charge is -2.34. The zero-order chi connectivity index (χ0) is 22.2. The molecule has 2 aromatic heterocycles. The zero-order valence-electron chi connectivity index (χ0n) is 17.5. The number of benzene rings is 1. The van der Waals surface area contributed by atoms with Gasteiger partial charge in [-0.15, -0.1) is 0 Å². The zero-order valence-corrected chi connectivity index (χ0v) is 18.3. The molecule has 0 aliphatic carbocycles. The van der Waals surface area contributed by atoms with Crippen molar-refractivity contribution in [1.82, 2.24) is 14.9 Å². The third-order valence-electron chi connectivity index (χ3n) is 5.62. The number of primary sulfonamides is 1. The molecule has 1 amide bonds. The Morgan fingerprint density at radius 3 is 2.58 bits per heavy atom. The highest BCUT2D eigenvalue weighted by Gasteiger charge is 2.27. The van der Waals surface area contributed by atoms with Crippen LogP contribution in [0.4, 0.5) is 11.4 Å². The predicted octanol–water partition coefficient (Wildman–Crippen LogP) is 3.34. The van der Waals surface area contributed by atoms with Crippen LogP contribution in [0.15, 0.2) is 47.5 Å². The SMILES string of the molecule is Cc1ccc2c(Nc3ccc(S(N)(=O)=O)cc3)c(C(=O)N3CCCC[C@@H]3C)cnc2n1. The fourth-order valence-corrected chi connectivity index (χ4v) is 4.41. The second-order valence-corrected chi connectivity index (χ2v) is 9.47. The molecule has 1 atom stereocenters. The van der Waals surface area contributed by atoms with Gasteiger partial charge < -0.3 is 10.2 Å². The number of pyridine rings is 2. The van der Waals surface area contributed by atoms with Crippen molar-refractivity contribution in [1.29, 1.82) is 0 Å². The van der Waals surface area contributed by atoms with Gasteiger partial charge in [0.05, 0.1) is 16.1 Å². The monoisotopic (exact) mass is 439 g/mol. The molecule has 3 N–H and O–H groups in total. The number of sulfonamides is 1. The summed E-state index contributed by atoms with van der Waals surface area (Å²) in [7, 11) is -3.78. The van der Waals surface area contributed by atoms with Crippen LogP contribution < -0.4 is 10.5 Å². The minimum absolute atomic E-state index is 0.0216. The number of piperidine rings is 1. The lowest BCUT2D eigenvalue weighted by atomic mass is 10.0. The molecule has 0 saturated carbocycles. The van der Waals surface area contributed by atoms with Crippen LogP contribution >= 0.6 is 0 Å². The van der Waals surface area contributed by atoms with E-state index in [4.69, 9.17) is 5.14 Å². The molecule has 9 heteroatoms. The van der Waals surface area contributed by atoms with E-state index in [9.17, 15) is 13.2 Å². The predicted molar refractivity (Wildman–Crippen MR) is 120 cm³/mol. The maximum Gasteiger partial charge on any atom is 0.257 e. The molecule has 1 aromatic carbocycles. The maximum atomic E-state index is 13.4. The van der Waals surface area contributed by atoms with Crippen molar-refractivity contribution in [2.45, 2.75) is 44.0 Å². The molecule has 3 heterocycles. The molecule has 4 rings (SSSR count). The summed E-state index contributed by atoms with van der Waals surface area (Å²) < 4.78 is 23.1. The summed E-state index contributed by atoms with van der Waals surface area (Å²) in [4.78, 5) is 24.3. The van der Waals surface area contributed by atoms with Crippen molar-refractivity contribution in [3.63, 3.8) is 0 Å². The Balaban J connectivity index is 1.79. The molecule has 8 nitrogen and oxygen atoms in total. The van der Waals surface area contributed by atoms with Gasteiger partial charge >= 0.3 is 0 Å². The number of nitrogens with zero attached hydrogens (tertiary/aromatic N) is 3. The van der Waals surface area contributed by atoms with Crippen LogP contribution in [0.3, 0.4) is 0 Å². The molecular weight excluding hydrogens is 414 g/mol. The van der Waals surface area contributed by atoms with E-state index in [1.165, 1.54) is 12.1 Å². The van der Waals surface area contributed by atoms with E-state index in [0.29, 0.717) is 29.1 Å². The topological polar surface area (TPSA) is 118 Å². The summed E-state index contributed by atoms with van der Waals surface area (Å²) in [5.41, 5.74) is 3.05. The molecule has 1 fully saturated rings. The summed E-state index contributed by atoms with van der Waals surface area (Å²) in [6, 6.07) is 10.0. The van der Waals surface area contributed by atoms with Crippen molar-refractivity contribution in [3.8, 4) is 0 Å². The van der Waals surface area contributed by atoms with Crippen LogP contribution in [-0.2, 0) is 10.0 Å². The Morgan fingerprint density at radius 1 is 1.16 bits per heavy atom. The van der Waals surface area contributed by atoms with Crippen molar-refractivity contribution in [2.24, 2.45) is 5.14 Å². The van der Waals surface area contributed by atoms with Crippen molar-refractivity contribution in [2.75, 3.05) is 11.9 Å². The van der Waals surface area contributed by atoms with Gasteiger partial charge in [0.15, 0.2) is 5.65 Å². The van der Waals surface area contributed by atoms with E-state index in [2.05, 4.69) is 22.2 Å². The summed E-state index contributed by atoms with van der Waals surface area (Å²) in [5, 5.41) is 9.20. The molecule has 31 heavy (non-hydrogen) atoms. The normalized spacial score (nSPS) is 17.0. The number of amides is 1. The first-order chi connectivity index (χ1) is 14.7. The lowest BCUT2D eigenvalue weighted by Crippen LogP contribution is -2.42. The molecule has 1 aliphatic rings. The van der Waals surface area contributed by atoms with Gasteiger partial charge in [0.1, 0.15) is 0 Å². The van der Waals surface area contributed by atoms with Gasteiger partial charge in [-0.2, -0.15) is 0 Å². The number of hydrogen-bond acceptors (Lipinski definition) is 6. The molecule has 0 bridgehead atoms. The fraction of sp³-hybridized carbons (Fsp3) is 0.318. The van der Waals surface area contributed by atoms with Crippen molar-refractivity contribution in [3.05, 3.63) is 53.9 Å². The molecule has 162 valence electrons. The summed E-state index contributed by atoms with van der Waals surface area (Å²) in [6.07, 6.45) is 4.64. The van der Waals surface area contributed by atoms with E-state index in [1.54, 1.807) is 18.3 Å². The summed E-state index contributed by atoms with van der Waals surface area (Å²) in [5.74, 6) is -0.0779. The van der Waals surface area contributed by atoms with E-state index < -0.39 is 10.0 Å². The first-order valence-electron chi connectivity index (χ1n) is 10.2. The second-order valence-electron chi connectivity index (χ2n) is 7.91. The van der Waals surface area contributed by atoms with Crippen molar-refractivity contribution >= 4 is 38.3 Å². The van der Waals surface area contributed by atoms with Crippen LogP contribution in [0.2, 0.25) is 0 Å². The number of fused-ring (bicyclic) bond motifs is 1. The van der Waals surface area contributed by atoms with Gasteiger partial charge in [0.25, 0.3) is 5.91 Å². The molecule has 0 unspecified atom stereocenters. The minimum Gasteiger partial charge on any atom is -0.354 e. The first-order valence-corrected chi connectivity index (χ1v) is 11.8. The minimum atomic E-state index is -3.78. The highest BCUT2D eigenvalue weighted by atomic mass is 32.2. The van der Waals surface area contributed by atoms with E-state index in [-0.39, 0.29) is 16.8 Å². The van der Waals surface area contributed by atoms with Gasteiger partial charge in [-0.1, -0.05) is 0 Å². The van der Waals surface area contributed by atoms with Crippen LogP contribution in [0.5, 0.6) is 0 Å². The van der Waals surface area contributed by atoms with Gasteiger partial charge in [0.2, 0.25) is 10.0 Å². The Labute approximate surface area is 181 Å². The molecular formula is C22H25N5O3S. The van der Waals surface area contributed by atoms with Gasteiger partial charge in [-0.3, -0.25) is 4.79 Å². The summed E-state index contributed by atoms with van der Waals surface area (Å²) >= 11 is 0. The standard InChI is InChI=1S/C22H25N5O3S/c1-14-6-11-18-20(26-16-7-9-17(10-8-16)31(23,29)30)19(13-24-21(18)25-14)22(28)27-12-4-3-5-15(27)2/h6-11,13,15H,3-5,12H2,1-2H3,(H2,23,29,30)(H,24,25,26)/t15-/m0/s1. The van der Waals surface area contributed by atoms with E-state index in [1.807, 2.05) is 24.0 Å². The second kappa shape index (κ2) is 8.24. The number of carbonyl (C=O) groups excluding carboxylic acids is 1. The molecule has 1 aliphatic heterocycles. The Morgan fingerprint density at radius 2 is 1.90 bits per heavy atom. The fourth-order valence-electron chi connectivity index (χ4n) is 3.90. The number of rotatable bonds is 4. The highest BCUT2D eigenvalue weighted by molar-refractivity contribution is 7.89. The summed E-state index contributed by atoms with van der Waals surface area (Å²) in [6.45, 7) is 4.66. The van der Waals surface area contributed by atoms with Crippen LogP contribution in [0, 0.1) is 6.92 Å². The molecule has 0 spiro atoms. The quantitative estimate of drug-likeness (QED) is 0.644. The van der Waals surface area contributed by atoms with Gasteiger partial charge in [-0.05, 0) is 69.5 Å². The average molecular weight is 440 g/mol. The maximum absolute atomic E-state index is 13.4. The number of aromatic nitrogens is 2. The van der Waals surface area contributed by atoms with Crippen LogP contribution in [0.1, 0.15) is 42.2 Å². The Kier molecular flexibility index (Phi) is 5.63. The van der Waals surface area contributed by atoms with Crippen molar-refractivity contribution < 1.29 is 13.2 Å². The number of aryl methyl sites for hydroxylation is 1. The average Bonchev–Trinajstić information content (AvgIpc) is 2.73. The Bertz CT molecular complexity index is 1240. The van der Waals surface area contributed by atoms with Crippen LogP contribution in [-0.4, -0.2) is 41.8 Å². The largest absolute Gasteiger partial charge is 0.354 e. The van der Waals surface area contributed by atoms with Crippen LogP contribution in [0.25, 0.3) is 11.0 Å². The Hall–Kier alpha value is -3.04. The molecule has 1 saturated heterocycles. The van der Waals surface area contributed by atoms with E-state index in [0.717, 1.165) is 30.3 Å². The number of anilines is 2. The van der Waals surface area contributed by atoms with Gasteiger partial charge in [0, 0.05) is 35.6 Å². The third kappa shape index (κ3) is 4.38. The third-order valence-corrected chi connectivity index (χ3v) is 6.54. The number of hydrogen-bond donors (Lipinski definition) is 2. The smallest absolute Gasteiger partial charge is 0.257 e. The lowest BCUT2D eigenvalue weighted by molar-refractivity contribution is 0.0636. The number of nitrogens with one attached hydrogen (secondary N) is 1. The molecule has 3 aromatic rings. The molecule has 0 radical (unpaired) electrons. The van der Waals surface area contributed by atoms with E-state index >= 15 is 0 Å². The number of carbonyl (C=O) groups is 1. The number of nitrogens with two attached hydrogens (primary N) is 1. The number of likely N-dealkylation sites (tertiary alicyclic amines) is 1. The first kappa shape index (κ1) is 21.2. The highest BCUT2D eigenvalue weighted by Crippen LogP contribution is 2.31.